The molecule has 0 aliphatic carbocycles. The fourth-order valence-electron chi connectivity index (χ4n) is 1.89. The third kappa shape index (κ3) is 4.47. The van der Waals surface area contributed by atoms with Gasteiger partial charge in [0.05, 0.1) is 6.04 Å². The number of rotatable bonds is 6. The van der Waals surface area contributed by atoms with Crippen LogP contribution in [-0.4, -0.2) is 18.7 Å². The van der Waals surface area contributed by atoms with Crippen molar-refractivity contribution in [2.75, 3.05) is 19.0 Å². The molecule has 1 aromatic carbocycles. The molecule has 106 valence electrons. The van der Waals surface area contributed by atoms with Crippen LogP contribution in [0, 0.1) is 0 Å². The number of nitrogens with zero attached hydrogens (tertiary/aromatic N) is 1. The van der Waals surface area contributed by atoms with E-state index in [2.05, 4.69) is 26.2 Å². The third-order valence-corrected chi connectivity index (χ3v) is 3.65. The van der Waals surface area contributed by atoms with Gasteiger partial charge in [0.25, 0.3) is 0 Å². The molecule has 0 aliphatic rings. The van der Waals surface area contributed by atoms with E-state index in [0.29, 0.717) is 6.61 Å². The number of methoxy groups -OCH3 is 1. The Kier molecular flexibility index (Phi) is 5.83. The van der Waals surface area contributed by atoms with Gasteiger partial charge >= 0.3 is 0 Å². The Hall–Kier alpha value is -1.10. The maximum atomic E-state index is 5.94. The van der Waals surface area contributed by atoms with Crippen molar-refractivity contribution in [1.29, 1.82) is 0 Å². The summed E-state index contributed by atoms with van der Waals surface area (Å²) in [7, 11) is 1.71. The molecular weight excluding hydrogens is 340 g/mol. The summed E-state index contributed by atoms with van der Waals surface area (Å²) in [5.41, 5.74) is 1.16. The topological polar surface area (TPSA) is 34.1 Å². The van der Waals surface area contributed by atoms with E-state index < -0.39 is 0 Å². The van der Waals surface area contributed by atoms with Gasteiger partial charge in [-0.2, -0.15) is 0 Å². The zero-order valence-corrected chi connectivity index (χ0v) is 13.5. The summed E-state index contributed by atoms with van der Waals surface area (Å²) in [6.45, 7) is 0.677. The van der Waals surface area contributed by atoms with Gasteiger partial charge in [0.15, 0.2) is 0 Å². The molecular formula is C15H16BrClN2O. The molecule has 2 aromatic rings. The summed E-state index contributed by atoms with van der Waals surface area (Å²) >= 11 is 9.32. The van der Waals surface area contributed by atoms with Crippen LogP contribution < -0.4 is 5.32 Å². The molecule has 0 fully saturated rings. The van der Waals surface area contributed by atoms with E-state index in [1.165, 1.54) is 0 Å². The van der Waals surface area contributed by atoms with Crippen molar-refractivity contribution in [2.45, 2.75) is 12.5 Å². The Morgan fingerprint density at radius 2 is 2.00 bits per heavy atom. The van der Waals surface area contributed by atoms with Gasteiger partial charge in [0, 0.05) is 29.4 Å². The monoisotopic (exact) mass is 354 g/mol. The number of pyridine rings is 1. The zero-order chi connectivity index (χ0) is 14.4. The van der Waals surface area contributed by atoms with E-state index in [1.807, 2.05) is 36.4 Å². The summed E-state index contributed by atoms with van der Waals surface area (Å²) < 4.78 is 6.14. The molecule has 1 heterocycles. The third-order valence-electron chi connectivity index (χ3n) is 2.93. The second-order valence-electron chi connectivity index (χ2n) is 4.39. The fourth-order valence-corrected chi connectivity index (χ4v) is 2.25. The largest absolute Gasteiger partial charge is 0.385 e. The van der Waals surface area contributed by atoms with Crippen LogP contribution in [0.5, 0.6) is 0 Å². The lowest BCUT2D eigenvalue weighted by molar-refractivity contribution is 0.190. The van der Waals surface area contributed by atoms with Crippen LogP contribution in [0.25, 0.3) is 0 Å². The second-order valence-corrected chi connectivity index (χ2v) is 5.74. The minimum Gasteiger partial charge on any atom is -0.385 e. The van der Waals surface area contributed by atoms with Crippen LogP contribution in [0.3, 0.4) is 0 Å². The minimum absolute atomic E-state index is 0.140. The Labute approximate surface area is 132 Å². The summed E-state index contributed by atoms with van der Waals surface area (Å²) in [4.78, 5) is 4.34. The number of ether oxygens (including phenoxy) is 1. The smallest absolute Gasteiger partial charge is 0.126 e. The molecule has 20 heavy (non-hydrogen) atoms. The Morgan fingerprint density at radius 3 is 2.60 bits per heavy atom. The van der Waals surface area contributed by atoms with Crippen LogP contribution >= 0.6 is 27.5 Å². The highest BCUT2D eigenvalue weighted by atomic mass is 79.9. The maximum absolute atomic E-state index is 5.94. The SMILES string of the molecule is COCCC(Nc1ccc(Br)cn1)c1ccc(Cl)cc1. The summed E-state index contributed by atoms with van der Waals surface area (Å²) in [6.07, 6.45) is 2.63. The van der Waals surface area contributed by atoms with Crippen molar-refractivity contribution >= 4 is 33.3 Å². The van der Waals surface area contributed by atoms with Crippen molar-refractivity contribution in [2.24, 2.45) is 0 Å². The number of benzene rings is 1. The van der Waals surface area contributed by atoms with E-state index in [-0.39, 0.29) is 6.04 Å². The number of hydrogen-bond donors (Lipinski definition) is 1. The highest BCUT2D eigenvalue weighted by Gasteiger charge is 2.11. The standard InChI is InChI=1S/C15H16BrClN2O/c1-20-9-8-14(11-2-5-13(17)6-3-11)19-15-7-4-12(16)10-18-15/h2-7,10,14H,8-9H2,1H3,(H,18,19). The zero-order valence-electron chi connectivity index (χ0n) is 11.1. The van der Waals surface area contributed by atoms with Crippen LogP contribution in [0.1, 0.15) is 18.0 Å². The molecule has 0 bridgehead atoms. The summed E-state index contributed by atoms with van der Waals surface area (Å²) in [5, 5.41) is 4.16. The maximum Gasteiger partial charge on any atom is 0.126 e. The average Bonchev–Trinajstić information content (AvgIpc) is 2.46. The summed E-state index contributed by atoms with van der Waals surface area (Å²) in [5.74, 6) is 0.837. The molecule has 0 spiro atoms. The first-order chi connectivity index (χ1) is 9.69. The first-order valence-corrected chi connectivity index (χ1v) is 7.48. The number of halogens is 2. The Morgan fingerprint density at radius 1 is 1.25 bits per heavy atom. The van der Waals surface area contributed by atoms with Gasteiger partial charge < -0.3 is 10.1 Å². The van der Waals surface area contributed by atoms with Crippen molar-refractivity contribution in [3.8, 4) is 0 Å². The Bertz CT molecular complexity index is 531. The fraction of sp³-hybridized carbons (Fsp3) is 0.267. The van der Waals surface area contributed by atoms with Gasteiger partial charge in [0.2, 0.25) is 0 Å². The van der Waals surface area contributed by atoms with E-state index in [4.69, 9.17) is 16.3 Å². The number of aromatic nitrogens is 1. The quantitative estimate of drug-likeness (QED) is 0.816. The predicted octanol–water partition coefficient (Wildman–Crippen LogP) is 4.69. The first kappa shape index (κ1) is 15.3. The average molecular weight is 356 g/mol. The van der Waals surface area contributed by atoms with Gasteiger partial charge in [-0.15, -0.1) is 0 Å². The van der Waals surface area contributed by atoms with Crippen LogP contribution in [0.2, 0.25) is 5.02 Å². The van der Waals surface area contributed by atoms with Crippen molar-refractivity contribution in [3.05, 3.63) is 57.7 Å². The number of nitrogens with one attached hydrogen (secondary N) is 1. The first-order valence-electron chi connectivity index (χ1n) is 6.31. The van der Waals surface area contributed by atoms with Crippen LogP contribution in [0.4, 0.5) is 5.82 Å². The molecule has 0 aliphatic heterocycles. The number of hydrogen-bond acceptors (Lipinski definition) is 3. The van der Waals surface area contributed by atoms with Crippen molar-refractivity contribution < 1.29 is 4.74 Å². The van der Waals surface area contributed by atoms with E-state index >= 15 is 0 Å². The highest BCUT2D eigenvalue weighted by molar-refractivity contribution is 9.10. The molecule has 0 saturated carbocycles. The summed E-state index contributed by atoms with van der Waals surface area (Å²) in [6, 6.07) is 11.9. The van der Waals surface area contributed by atoms with Gasteiger partial charge in [-0.3, -0.25) is 0 Å². The molecule has 0 radical (unpaired) electrons. The molecule has 1 unspecified atom stereocenters. The van der Waals surface area contributed by atoms with Crippen molar-refractivity contribution in [3.63, 3.8) is 0 Å². The van der Waals surface area contributed by atoms with Gasteiger partial charge in [-0.05, 0) is 52.2 Å². The van der Waals surface area contributed by atoms with E-state index in [1.54, 1.807) is 13.3 Å². The molecule has 0 amide bonds. The van der Waals surface area contributed by atoms with E-state index in [0.717, 1.165) is 27.3 Å². The molecule has 1 aromatic heterocycles. The lowest BCUT2D eigenvalue weighted by atomic mass is 10.0. The van der Waals surface area contributed by atoms with Gasteiger partial charge in [-0.1, -0.05) is 23.7 Å². The van der Waals surface area contributed by atoms with Crippen molar-refractivity contribution in [1.82, 2.24) is 4.98 Å². The minimum atomic E-state index is 0.140. The molecule has 0 saturated heterocycles. The molecule has 5 heteroatoms. The lowest BCUT2D eigenvalue weighted by Crippen LogP contribution is -2.13. The van der Waals surface area contributed by atoms with Gasteiger partial charge in [-0.25, -0.2) is 4.98 Å². The van der Waals surface area contributed by atoms with Gasteiger partial charge in [0.1, 0.15) is 5.82 Å². The number of anilines is 1. The highest BCUT2D eigenvalue weighted by Crippen LogP contribution is 2.24. The molecule has 2 rings (SSSR count). The predicted molar refractivity (Wildman–Crippen MR) is 86.2 cm³/mol. The molecule has 1 N–H and O–H groups in total. The van der Waals surface area contributed by atoms with Crippen LogP contribution in [-0.2, 0) is 4.74 Å². The van der Waals surface area contributed by atoms with E-state index in [9.17, 15) is 0 Å². The second kappa shape index (κ2) is 7.62. The lowest BCUT2D eigenvalue weighted by Gasteiger charge is -2.19. The van der Waals surface area contributed by atoms with Crippen LogP contribution in [0.15, 0.2) is 47.1 Å². The normalized spacial score (nSPS) is 12.2. The molecule has 1 atom stereocenters. The Balaban J connectivity index is 2.14. The molecule has 3 nitrogen and oxygen atoms in total.